The van der Waals surface area contributed by atoms with Crippen LogP contribution in [-0.2, 0) is 4.79 Å². The van der Waals surface area contributed by atoms with Gasteiger partial charge in [0.25, 0.3) is 0 Å². The lowest BCUT2D eigenvalue weighted by molar-refractivity contribution is -0.147. The summed E-state index contributed by atoms with van der Waals surface area (Å²) in [6.07, 6.45) is 11.2. The summed E-state index contributed by atoms with van der Waals surface area (Å²) in [7, 11) is 0. The van der Waals surface area contributed by atoms with Crippen molar-refractivity contribution in [2.45, 2.75) is 102 Å². The number of rotatable bonds is 6. The molecule has 2 saturated heterocycles. The molecular weight excluding hydrogens is 446 g/mol. The molecule has 2 unspecified atom stereocenters. The SMILES string of the molecule is CC[C@H]1CC[C@@H](Oc2ccc3cc([C@@H](C)N4C5CCCC4CC(C(=O)O)C5)ccc3c2Cl)CC1. The maximum Gasteiger partial charge on any atom is 0.306 e. The first-order valence-corrected chi connectivity index (χ1v) is 13.7. The number of aliphatic carboxylic acids is 1. The van der Waals surface area contributed by atoms with Crippen molar-refractivity contribution in [3.8, 4) is 5.75 Å². The van der Waals surface area contributed by atoms with E-state index in [4.69, 9.17) is 16.3 Å². The van der Waals surface area contributed by atoms with E-state index in [1.807, 2.05) is 6.07 Å². The Hall–Kier alpha value is -1.78. The minimum atomic E-state index is -0.624. The van der Waals surface area contributed by atoms with E-state index in [0.29, 0.717) is 17.1 Å². The van der Waals surface area contributed by atoms with Crippen molar-refractivity contribution in [3.63, 3.8) is 0 Å². The van der Waals surface area contributed by atoms with Crippen LogP contribution in [0.4, 0.5) is 0 Å². The van der Waals surface area contributed by atoms with Gasteiger partial charge in [0.1, 0.15) is 5.75 Å². The van der Waals surface area contributed by atoms with Crippen LogP contribution in [0.3, 0.4) is 0 Å². The summed E-state index contributed by atoms with van der Waals surface area (Å²) < 4.78 is 6.35. The molecule has 2 aromatic rings. The summed E-state index contributed by atoms with van der Waals surface area (Å²) in [6.45, 7) is 4.56. The fourth-order valence-corrected chi connectivity index (χ4v) is 7.18. The van der Waals surface area contributed by atoms with E-state index in [1.54, 1.807) is 0 Å². The van der Waals surface area contributed by atoms with E-state index < -0.39 is 5.97 Å². The van der Waals surface area contributed by atoms with Gasteiger partial charge in [0.2, 0.25) is 0 Å². The predicted molar refractivity (Wildman–Crippen MR) is 138 cm³/mol. The molecule has 0 spiro atoms. The highest BCUT2D eigenvalue weighted by Gasteiger charge is 2.42. The Morgan fingerprint density at radius 2 is 1.79 bits per heavy atom. The largest absolute Gasteiger partial charge is 0.489 e. The molecule has 3 fully saturated rings. The summed E-state index contributed by atoms with van der Waals surface area (Å²) in [4.78, 5) is 14.3. The van der Waals surface area contributed by atoms with Crippen LogP contribution in [0.1, 0.15) is 89.7 Å². The molecule has 184 valence electrons. The van der Waals surface area contributed by atoms with Crippen molar-refractivity contribution in [2.75, 3.05) is 0 Å². The van der Waals surface area contributed by atoms with Gasteiger partial charge < -0.3 is 9.84 Å². The topological polar surface area (TPSA) is 49.8 Å². The Balaban J connectivity index is 1.33. The molecule has 0 amide bonds. The number of fused-ring (bicyclic) bond motifs is 3. The number of benzene rings is 2. The van der Waals surface area contributed by atoms with Gasteiger partial charge in [-0.05, 0) is 87.3 Å². The zero-order valence-electron chi connectivity index (χ0n) is 20.5. The van der Waals surface area contributed by atoms with Crippen LogP contribution in [0.25, 0.3) is 10.8 Å². The lowest BCUT2D eigenvalue weighted by Gasteiger charge is -2.51. The van der Waals surface area contributed by atoms with E-state index in [1.165, 1.54) is 31.2 Å². The Morgan fingerprint density at radius 1 is 1.09 bits per heavy atom. The first-order chi connectivity index (χ1) is 16.4. The van der Waals surface area contributed by atoms with Crippen LogP contribution in [-0.4, -0.2) is 34.2 Å². The Labute approximate surface area is 208 Å². The number of piperidine rings is 2. The van der Waals surface area contributed by atoms with Gasteiger partial charge in [-0.1, -0.05) is 49.6 Å². The number of carboxylic acids is 1. The third-order valence-electron chi connectivity index (χ3n) is 8.92. The number of carbonyl (C=O) groups is 1. The van der Waals surface area contributed by atoms with Gasteiger partial charge in [-0.15, -0.1) is 0 Å². The van der Waals surface area contributed by atoms with Crippen molar-refractivity contribution in [2.24, 2.45) is 11.8 Å². The molecule has 1 N–H and O–H groups in total. The molecule has 1 aliphatic carbocycles. The lowest BCUT2D eigenvalue weighted by Crippen LogP contribution is -2.53. The lowest BCUT2D eigenvalue weighted by atomic mass is 9.77. The van der Waals surface area contributed by atoms with E-state index in [2.05, 4.69) is 43.0 Å². The molecule has 2 aliphatic heterocycles. The standard InChI is InChI=1S/C29H38ClNO3/c1-3-19-7-11-25(12-8-19)34-27-14-10-21-15-20(9-13-26(21)28(27)30)18(2)31-23-5-4-6-24(31)17-22(16-23)29(32)33/h9-10,13-15,18-19,22-25H,3-8,11-12,16-17H2,1-2H3,(H,32,33)/t18-,19-,22?,23?,24?,25+/m1/s1. The second-order valence-corrected chi connectivity index (χ2v) is 11.3. The summed E-state index contributed by atoms with van der Waals surface area (Å²) in [5.41, 5.74) is 1.28. The van der Waals surface area contributed by atoms with Gasteiger partial charge in [-0.3, -0.25) is 9.69 Å². The van der Waals surface area contributed by atoms with Crippen molar-refractivity contribution < 1.29 is 14.6 Å². The molecule has 4 nitrogen and oxygen atoms in total. The molecule has 5 rings (SSSR count). The molecule has 3 aliphatic rings. The third-order valence-corrected chi connectivity index (χ3v) is 9.31. The van der Waals surface area contributed by atoms with Gasteiger partial charge in [-0.25, -0.2) is 0 Å². The minimum Gasteiger partial charge on any atom is -0.489 e. The van der Waals surface area contributed by atoms with Crippen LogP contribution in [0, 0.1) is 11.8 Å². The summed E-state index contributed by atoms with van der Waals surface area (Å²) in [5, 5.41) is 12.5. The van der Waals surface area contributed by atoms with E-state index in [9.17, 15) is 9.90 Å². The fourth-order valence-electron chi connectivity index (χ4n) is 6.90. The maximum atomic E-state index is 11.7. The summed E-state index contributed by atoms with van der Waals surface area (Å²) >= 11 is 6.83. The number of hydrogen-bond donors (Lipinski definition) is 1. The van der Waals surface area contributed by atoms with Crippen molar-refractivity contribution in [1.29, 1.82) is 0 Å². The molecule has 5 heteroatoms. The van der Waals surface area contributed by atoms with E-state index in [-0.39, 0.29) is 18.1 Å². The van der Waals surface area contributed by atoms with Gasteiger partial charge >= 0.3 is 5.97 Å². The Bertz CT molecular complexity index is 1020. The van der Waals surface area contributed by atoms with E-state index >= 15 is 0 Å². The molecule has 3 atom stereocenters. The van der Waals surface area contributed by atoms with Crippen LogP contribution in [0.15, 0.2) is 30.3 Å². The fraction of sp³-hybridized carbons (Fsp3) is 0.621. The van der Waals surface area contributed by atoms with Gasteiger partial charge in [0.05, 0.1) is 17.0 Å². The second-order valence-electron chi connectivity index (χ2n) is 10.9. The molecule has 2 aromatic carbocycles. The van der Waals surface area contributed by atoms with Crippen LogP contribution in [0.2, 0.25) is 5.02 Å². The third kappa shape index (κ3) is 4.68. The molecule has 34 heavy (non-hydrogen) atoms. The van der Waals surface area contributed by atoms with Crippen molar-refractivity contribution in [1.82, 2.24) is 4.90 Å². The average Bonchev–Trinajstić information content (AvgIpc) is 2.84. The highest BCUT2D eigenvalue weighted by molar-refractivity contribution is 6.37. The molecule has 0 aromatic heterocycles. The predicted octanol–water partition coefficient (Wildman–Crippen LogP) is 7.62. The normalized spacial score (nSPS) is 30.7. The Kier molecular flexibility index (Phi) is 7.09. The zero-order valence-corrected chi connectivity index (χ0v) is 21.3. The van der Waals surface area contributed by atoms with Crippen LogP contribution >= 0.6 is 11.6 Å². The van der Waals surface area contributed by atoms with Crippen LogP contribution in [0.5, 0.6) is 5.75 Å². The summed E-state index contributed by atoms with van der Waals surface area (Å²) in [6, 6.07) is 11.8. The van der Waals surface area contributed by atoms with Gasteiger partial charge in [0.15, 0.2) is 0 Å². The molecular formula is C29H38ClNO3. The number of ether oxygens (including phenoxy) is 1. The first kappa shape index (κ1) is 23.9. The van der Waals surface area contributed by atoms with Crippen molar-refractivity contribution in [3.05, 3.63) is 40.9 Å². The van der Waals surface area contributed by atoms with Gasteiger partial charge in [0, 0.05) is 23.5 Å². The average molecular weight is 484 g/mol. The highest BCUT2D eigenvalue weighted by Crippen LogP contribution is 2.43. The second kappa shape index (κ2) is 10.1. The van der Waals surface area contributed by atoms with Crippen LogP contribution < -0.4 is 4.74 Å². The molecule has 2 heterocycles. The monoisotopic (exact) mass is 483 g/mol. The number of nitrogens with zero attached hydrogens (tertiary/aromatic N) is 1. The quantitative estimate of drug-likeness (QED) is 0.459. The van der Waals surface area contributed by atoms with Crippen molar-refractivity contribution >= 4 is 28.3 Å². The van der Waals surface area contributed by atoms with E-state index in [0.717, 1.165) is 61.0 Å². The maximum absolute atomic E-state index is 11.7. The Morgan fingerprint density at radius 3 is 2.44 bits per heavy atom. The van der Waals surface area contributed by atoms with Gasteiger partial charge in [-0.2, -0.15) is 0 Å². The molecule has 1 saturated carbocycles. The minimum absolute atomic E-state index is 0.190. The number of hydrogen-bond acceptors (Lipinski definition) is 3. The molecule has 0 radical (unpaired) electrons. The number of carboxylic acid groups (broad SMARTS) is 1. The molecule has 2 bridgehead atoms. The first-order valence-electron chi connectivity index (χ1n) is 13.3. The number of halogens is 1. The highest BCUT2D eigenvalue weighted by atomic mass is 35.5. The summed E-state index contributed by atoms with van der Waals surface area (Å²) in [5.74, 6) is 0.840. The zero-order chi connectivity index (χ0) is 23.8. The smallest absolute Gasteiger partial charge is 0.306 e.